The SMILES string of the molecule is CC1(C)CN(C(=O)Cc2c(F)cccc2F)CC(CBr)O1. The average Bonchev–Trinajstić information content (AvgIpc) is 2.41. The van der Waals surface area contributed by atoms with Crippen LogP contribution in [0.2, 0.25) is 0 Å². The molecule has 1 amide bonds. The molecule has 0 aromatic heterocycles. The van der Waals surface area contributed by atoms with Crippen LogP contribution in [0.1, 0.15) is 19.4 Å². The first-order chi connectivity index (χ1) is 9.82. The quantitative estimate of drug-likeness (QED) is 0.774. The van der Waals surface area contributed by atoms with Gasteiger partial charge in [-0.2, -0.15) is 0 Å². The van der Waals surface area contributed by atoms with Gasteiger partial charge in [0.15, 0.2) is 0 Å². The standard InChI is InChI=1S/C15H18BrF2NO2/c1-15(2)9-19(8-10(7-16)21-15)14(20)6-11-12(17)4-3-5-13(11)18/h3-5,10H,6-9H2,1-2H3. The van der Waals surface area contributed by atoms with Crippen molar-refractivity contribution in [2.45, 2.75) is 32.0 Å². The van der Waals surface area contributed by atoms with E-state index in [0.717, 1.165) is 12.1 Å². The molecule has 1 fully saturated rings. The van der Waals surface area contributed by atoms with Crippen molar-refractivity contribution in [1.29, 1.82) is 0 Å². The minimum absolute atomic E-state index is 0.122. The van der Waals surface area contributed by atoms with Gasteiger partial charge in [-0.1, -0.05) is 22.0 Å². The zero-order valence-corrected chi connectivity index (χ0v) is 13.6. The van der Waals surface area contributed by atoms with Crippen LogP contribution < -0.4 is 0 Å². The summed E-state index contributed by atoms with van der Waals surface area (Å²) in [5.41, 5.74) is -0.651. The fourth-order valence-electron chi connectivity index (χ4n) is 2.53. The van der Waals surface area contributed by atoms with Crippen LogP contribution in [0.4, 0.5) is 8.78 Å². The Bertz CT molecular complexity index is 516. The molecule has 1 aromatic rings. The van der Waals surface area contributed by atoms with Gasteiger partial charge in [0.05, 0.1) is 18.1 Å². The van der Waals surface area contributed by atoms with Crippen LogP contribution in [0.3, 0.4) is 0 Å². The van der Waals surface area contributed by atoms with E-state index in [0.29, 0.717) is 18.4 Å². The summed E-state index contributed by atoms with van der Waals surface area (Å²) in [5.74, 6) is -1.66. The van der Waals surface area contributed by atoms with Gasteiger partial charge in [0, 0.05) is 24.0 Å². The van der Waals surface area contributed by atoms with Gasteiger partial charge in [0.25, 0.3) is 0 Å². The molecule has 0 spiro atoms. The fraction of sp³-hybridized carbons (Fsp3) is 0.533. The van der Waals surface area contributed by atoms with Crippen LogP contribution in [-0.2, 0) is 16.0 Å². The van der Waals surface area contributed by atoms with Crippen LogP contribution in [0, 0.1) is 11.6 Å². The van der Waals surface area contributed by atoms with Crippen molar-refractivity contribution in [3.8, 4) is 0 Å². The van der Waals surface area contributed by atoms with Crippen molar-refractivity contribution in [2.24, 2.45) is 0 Å². The lowest BCUT2D eigenvalue weighted by molar-refractivity contribution is -0.156. The summed E-state index contributed by atoms with van der Waals surface area (Å²) in [4.78, 5) is 14.0. The molecule has 0 saturated carbocycles. The van der Waals surface area contributed by atoms with Gasteiger partial charge in [-0.3, -0.25) is 4.79 Å². The zero-order valence-electron chi connectivity index (χ0n) is 12.0. The molecule has 1 aliphatic heterocycles. The molecule has 1 aliphatic rings. The monoisotopic (exact) mass is 361 g/mol. The summed E-state index contributed by atoms with van der Waals surface area (Å²) in [5, 5.41) is 0.605. The molecular formula is C15H18BrF2NO2. The molecule has 0 aliphatic carbocycles. The van der Waals surface area contributed by atoms with Gasteiger partial charge in [0.1, 0.15) is 11.6 Å². The number of rotatable bonds is 3. The van der Waals surface area contributed by atoms with Gasteiger partial charge in [-0.05, 0) is 26.0 Å². The number of benzene rings is 1. The van der Waals surface area contributed by atoms with Crippen molar-refractivity contribution >= 4 is 21.8 Å². The average molecular weight is 362 g/mol. The Morgan fingerprint density at radius 1 is 1.43 bits per heavy atom. The van der Waals surface area contributed by atoms with Crippen LogP contribution in [0.5, 0.6) is 0 Å². The molecule has 0 N–H and O–H groups in total. The lowest BCUT2D eigenvalue weighted by atomic mass is 10.0. The number of hydrogen-bond donors (Lipinski definition) is 0. The molecule has 1 saturated heterocycles. The summed E-state index contributed by atoms with van der Waals surface area (Å²) in [7, 11) is 0. The van der Waals surface area contributed by atoms with E-state index in [9.17, 15) is 13.6 Å². The highest BCUT2D eigenvalue weighted by Crippen LogP contribution is 2.23. The van der Waals surface area contributed by atoms with Crippen molar-refractivity contribution in [2.75, 3.05) is 18.4 Å². The number of hydrogen-bond acceptors (Lipinski definition) is 2. The first-order valence-corrected chi connectivity index (χ1v) is 7.89. The van der Waals surface area contributed by atoms with E-state index < -0.39 is 17.2 Å². The van der Waals surface area contributed by atoms with Crippen molar-refractivity contribution < 1.29 is 18.3 Å². The maximum Gasteiger partial charge on any atom is 0.227 e. The number of ether oxygens (including phenoxy) is 1. The predicted octanol–water partition coefficient (Wildman–Crippen LogP) is 2.91. The van der Waals surface area contributed by atoms with E-state index >= 15 is 0 Å². The van der Waals surface area contributed by atoms with Crippen LogP contribution in [0.25, 0.3) is 0 Å². The van der Waals surface area contributed by atoms with Gasteiger partial charge in [-0.15, -0.1) is 0 Å². The largest absolute Gasteiger partial charge is 0.368 e. The Morgan fingerprint density at radius 3 is 2.62 bits per heavy atom. The molecular weight excluding hydrogens is 344 g/mol. The number of morpholine rings is 1. The Kier molecular flexibility index (Phi) is 4.99. The predicted molar refractivity (Wildman–Crippen MR) is 79.4 cm³/mol. The lowest BCUT2D eigenvalue weighted by Crippen LogP contribution is -2.55. The Morgan fingerprint density at radius 2 is 2.05 bits per heavy atom. The second kappa shape index (κ2) is 6.40. The summed E-state index contributed by atoms with van der Waals surface area (Å²) in [6.45, 7) is 4.62. The molecule has 116 valence electrons. The number of carbonyl (C=O) groups excluding carboxylic acids is 1. The Balaban J connectivity index is 2.13. The summed E-state index contributed by atoms with van der Waals surface area (Å²) >= 11 is 3.35. The molecule has 2 rings (SSSR count). The minimum Gasteiger partial charge on any atom is -0.368 e. The highest BCUT2D eigenvalue weighted by Gasteiger charge is 2.35. The third-order valence-electron chi connectivity index (χ3n) is 3.40. The topological polar surface area (TPSA) is 29.5 Å². The van der Waals surface area contributed by atoms with Crippen molar-refractivity contribution in [1.82, 2.24) is 4.90 Å². The van der Waals surface area contributed by atoms with Gasteiger partial charge in [-0.25, -0.2) is 8.78 Å². The van der Waals surface area contributed by atoms with Crippen LogP contribution in [-0.4, -0.2) is 40.9 Å². The van der Waals surface area contributed by atoms with E-state index in [1.165, 1.54) is 6.07 Å². The van der Waals surface area contributed by atoms with Gasteiger partial charge < -0.3 is 9.64 Å². The summed E-state index contributed by atoms with van der Waals surface area (Å²) in [6, 6.07) is 3.61. The fourth-order valence-corrected chi connectivity index (χ4v) is 2.87. The third kappa shape index (κ3) is 4.01. The first kappa shape index (κ1) is 16.4. The van der Waals surface area contributed by atoms with Crippen molar-refractivity contribution in [3.63, 3.8) is 0 Å². The molecule has 0 radical (unpaired) electrons. The number of alkyl halides is 1. The van der Waals surface area contributed by atoms with Crippen LogP contribution in [0.15, 0.2) is 18.2 Å². The van der Waals surface area contributed by atoms with E-state index in [1.807, 2.05) is 13.8 Å². The number of nitrogens with zero attached hydrogens (tertiary/aromatic N) is 1. The molecule has 1 aromatic carbocycles. The molecule has 6 heteroatoms. The second-order valence-corrected chi connectivity index (χ2v) is 6.45. The van der Waals surface area contributed by atoms with E-state index in [-0.39, 0.29) is 24.0 Å². The first-order valence-electron chi connectivity index (χ1n) is 6.77. The molecule has 1 atom stereocenters. The van der Waals surface area contributed by atoms with Crippen LogP contribution >= 0.6 is 15.9 Å². The summed E-state index contributed by atoms with van der Waals surface area (Å²) in [6.07, 6.45) is -0.396. The zero-order chi connectivity index (χ0) is 15.6. The number of amides is 1. The molecule has 1 heterocycles. The normalized spacial score (nSPS) is 21.4. The number of halogens is 3. The molecule has 3 nitrogen and oxygen atoms in total. The molecule has 0 bridgehead atoms. The third-order valence-corrected chi connectivity index (χ3v) is 4.12. The molecule has 21 heavy (non-hydrogen) atoms. The molecule has 1 unspecified atom stereocenters. The Hall–Kier alpha value is -1.01. The van der Waals surface area contributed by atoms with E-state index in [4.69, 9.17) is 4.74 Å². The van der Waals surface area contributed by atoms with Gasteiger partial charge in [0.2, 0.25) is 5.91 Å². The highest BCUT2D eigenvalue weighted by molar-refractivity contribution is 9.09. The highest BCUT2D eigenvalue weighted by atomic mass is 79.9. The maximum absolute atomic E-state index is 13.6. The van der Waals surface area contributed by atoms with Gasteiger partial charge >= 0.3 is 0 Å². The minimum atomic E-state index is -0.687. The van der Waals surface area contributed by atoms with Crippen molar-refractivity contribution in [3.05, 3.63) is 35.4 Å². The smallest absolute Gasteiger partial charge is 0.227 e. The van der Waals surface area contributed by atoms with E-state index in [1.54, 1.807) is 4.90 Å². The lowest BCUT2D eigenvalue weighted by Gasteiger charge is -2.42. The number of carbonyl (C=O) groups is 1. The Labute approximate surface area is 131 Å². The second-order valence-electron chi connectivity index (χ2n) is 5.81. The van der Waals surface area contributed by atoms with E-state index in [2.05, 4.69) is 15.9 Å². The summed E-state index contributed by atoms with van der Waals surface area (Å²) < 4.78 is 33.1. The maximum atomic E-state index is 13.6.